The van der Waals surface area contributed by atoms with Crippen LogP contribution >= 0.6 is 0 Å². The molecule has 0 aliphatic heterocycles. The number of halogens is 2. The van der Waals surface area contributed by atoms with E-state index in [2.05, 4.69) is 98.5 Å². The van der Waals surface area contributed by atoms with Crippen LogP contribution in [0.25, 0.3) is 0 Å². The molecule has 0 amide bonds. The van der Waals surface area contributed by atoms with E-state index in [-0.39, 0.29) is 30.2 Å². The van der Waals surface area contributed by atoms with Gasteiger partial charge in [-0.05, 0) is 35.6 Å². The smallest absolute Gasteiger partial charge is 0.116 e. The Balaban J connectivity index is -0.000000343. The maximum Gasteiger partial charge on any atom is 0.116 e. The van der Waals surface area contributed by atoms with Gasteiger partial charge in [-0.3, -0.25) is 6.08 Å². The predicted molar refractivity (Wildman–Crippen MR) is 112 cm³/mol. The van der Waals surface area contributed by atoms with Crippen LogP contribution < -0.4 is 24.8 Å². The quantitative estimate of drug-likeness (QED) is 0.471. The van der Waals surface area contributed by atoms with Crippen molar-refractivity contribution in [3.63, 3.8) is 0 Å². The van der Waals surface area contributed by atoms with Gasteiger partial charge in [0.1, 0.15) is 5.75 Å². The fourth-order valence-corrected chi connectivity index (χ4v) is 3.37. The molecule has 0 radical (unpaired) electrons. The maximum atomic E-state index is 9.36. The van der Waals surface area contributed by atoms with E-state index in [1.54, 1.807) is 6.07 Å². The molecule has 2 rings (SSSR count). The van der Waals surface area contributed by atoms with E-state index in [4.69, 9.17) is 0 Å². The number of benzene rings is 1. The van der Waals surface area contributed by atoms with Crippen LogP contribution in [0.2, 0.25) is 19.6 Å². The Morgan fingerprint density at radius 3 is 1.81 bits per heavy atom. The summed E-state index contributed by atoms with van der Waals surface area (Å²) in [5.74, 6) is 0.361. The molecule has 1 N–H and O–H groups in total. The Hall–Kier alpha value is -0.119. The fraction of sp³-hybridized carbons (Fsp3) is 0.500. The molecule has 1 aliphatic rings. The zero-order valence-electron chi connectivity index (χ0n) is 18.3. The molecule has 0 saturated carbocycles. The van der Waals surface area contributed by atoms with E-state index in [9.17, 15) is 5.11 Å². The van der Waals surface area contributed by atoms with Crippen molar-refractivity contribution in [2.45, 2.75) is 73.0 Å². The molecule has 5 heteroatoms. The number of rotatable bonds is 1. The third-order valence-electron chi connectivity index (χ3n) is 3.43. The third-order valence-corrected chi connectivity index (χ3v) is 5.39. The molecule has 0 heterocycles. The molecule has 153 valence electrons. The van der Waals surface area contributed by atoms with E-state index >= 15 is 0 Å². The van der Waals surface area contributed by atoms with Gasteiger partial charge in [-0.1, -0.05) is 46.5 Å². The molecule has 0 spiro atoms. The van der Waals surface area contributed by atoms with Gasteiger partial charge in [0.05, 0.1) is 0 Å². The molecule has 0 fully saturated rings. The standard InChI is InChI=1S/C11H16O.C8H13Si.C3H6.2ClH.Ti/c1-8-5-9(11(2,3)4)7-10(12)6-8;1-9(2,3)8-6-4-5-7-8;1-3-2;;;/h5-7,12H,1-4H3;4,6H,5H2,1-3H3;1-2H3;2*1H;/q;-1;;;;+1/p-2. The first-order valence-corrected chi connectivity index (χ1v) is 13.1. The number of hydrogen-bond donors (Lipinski definition) is 1. The Bertz CT molecular complexity index is 614. The summed E-state index contributed by atoms with van der Waals surface area (Å²) in [7, 11) is -1.01. The number of aromatic hydroxyl groups is 1. The van der Waals surface area contributed by atoms with Crippen molar-refractivity contribution >= 4 is 11.9 Å². The van der Waals surface area contributed by atoms with E-state index in [0.29, 0.717) is 5.75 Å². The van der Waals surface area contributed by atoms with E-state index in [0.717, 1.165) is 12.0 Å². The minimum Gasteiger partial charge on any atom is -1.00 e. The molecule has 0 saturated heterocycles. The molecule has 27 heavy (non-hydrogen) atoms. The SMILES string of the molecule is C[C](C)=[Ti+].C[Si](C)(C)C1=[C-]CC=C1.Cc1cc(O)cc(C(C)(C)C)c1.[Cl-].[Cl-]. The van der Waals surface area contributed by atoms with Crippen molar-refractivity contribution < 1.29 is 49.9 Å². The topological polar surface area (TPSA) is 20.2 Å². The summed E-state index contributed by atoms with van der Waals surface area (Å²) < 4.78 is 1.42. The monoisotopic (exact) mass is 461 g/mol. The number of phenols is 1. The Labute approximate surface area is 192 Å². The van der Waals surface area contributed by atoms with Crippen molar-refractivity contribution in [3.8, 4) is 5.75 Å². The van der Waals surface area contributed by atoms with Crippen LogP contribution in [0.15, 0.2) is 35.5 Å². The Kier molecular flexibility index (Phi) is 16.3. The average molecular weight is 462 g/mol. The summed E-state index contributed by atoms with van der Waals surface area (Å²) in [6.45, 7) is 19.6. The van der Waals surface area contributed by atoms with Crippen LogP contribution in [0.4, 0.5) is 0 Å². The van der Waals surface area contributed by atoms with Gasteiger partial charge in [0.25, 0.3) is 0 Å². The van der Waals surface area contributed by atoms with Gasteiger partial charge >= 0.3 is 37.6 Å². The van der Waals surface area contributed by atoms with Crippen LogP contribution in [0.3, 0.4) is 0 Å². The number of allylic oxidation sites excluding steroid dienone is 4. The summed E-state index contributed by atoms with van der Waals surface area (Å²) in [5.41, 5.74) is 2.41. The zero-order chi connectivity index (χ0) is 19.8. The van der Waals surface area contributed by atoms with E-state index < -0.39 is 8.07 Å². The second-order valence-electron chi connectivity index (χ2n) is 8.75. The summed E-state index contributed by atoms with van der Waals surface area (Å²) >= 11 is 2.08. The first-order chi connectivity index (χ1) is 11.2. The summed E-state index contributed by atoms with van der Waals surface area (Å²) in [5, 5.41) is 10.8. The van der Waals surface area contributed by atoms with Crippen molar-refractivity contribution in [1.82, 2.24) is 0 Å². The van der Waals surface area contributed by atoms with Crippen LogP contribution in [0.1, 0.15) is 52.2 Å². The minimum atomic E-state index is -1.01. The number of phenolic OH excluding ortho intramolecular Hbond substituents is 1. The fourth-order valence-electron chi connectivity index (χ4n) is 2.12. The number of aryl methyl sites for hydroxylation is 1. The molecule has 0 bridgehead atoms. The predicted octanol–water partition coefficient (Wildman–Crippen LogP) is 0.305. The van der Waals surface area contributed by atoms with Gasteiger partial charge in [-0.25, -0.2) is 11.3 Å². The van der Waals surface area contributed by atoms with Gasteiger partial charge < -0.3 is 29.9 Å². The number of hydrogen-bond acceptors (Lipinski definition) is 1. The second-order valence-corrected chi connectivity index (χ2v) is 15.4. The zero-order valence-corrected chi connectivity index (χ0v) is 22.4. The molecular formula is C22H35Cl2OSiTi-2. The summed E-state index contributed by atoms with van der Waals surface area (Å²) in [4.78, 5) is 0. The summed E-state index contributed by atoms with van der Waals surface area (Å²) in [6.07, 6.45) is 8.82. The molecule has 0 unspecified atom stereocenters. The normalized spacial score (nSPS) is 12.3. The largest absolute Gasteiger partial charge is 1.00 e. The van der Waals surface area contributed by atoms with E-state index in [1.165, 1.54) is 14.6 Å². The maximum absolute atomic E-state index is 9.36. The van der Waals surface area contributed by atoms with Crippen molar-refractivity contribution in [2.24, 2.45) is 0 Å². The molecule has 0 aromatic heterocycles. The van der Waals surface area contributed by atoms with Gasteiger partial charge in [0.15, 0.2) is 0 Å². The van der Waals surface area contributed by atoms with Gasteiger partial charge in [-0.2, -0.15) is 6.08 Å². The van der Waals surface area contributed by atoms with Crippen molar-refractivity contribution in [2.75, 3.05) is 0 Å². The Morgan fingerprint density at radius 2 is 1.56 bits per heavy atom. The minimum absolute atomic E-state index is 0. The van der Waals surface area contributed by atoms with Crippen molar-refractivity contribution in [3.05, 3.63) is 52.8 Å². The van der Waals surface area contributed by atoms with Gasteiger partial charge in [0, 0.05) is 8.07 Å². The first kappa shape index (κ1) is 31.6. The van der Waals surface area contributed by atoms with Crippen LogP contribution in [0, 0.1) is 13.0 Å². The molecule has 1 aliphatic carbocycles. The molecule has 1 nitrogen and oxygen atoms in total. The van der Waals surface area contributed by atoms with Crippen molar-refractivity contribution in [1.29, 1.82) is 0 Å². The first-order valence-electron chi connectivity index (χ1n) is 8.84. The summed E-state index contributed by atoms with van der Waals surface area (Å²) in [6, 6.07) is 5.71. The molecule has 0 atom stereocenters. The van der Waals surface area contributed by atoms with Crippen LogP contribution in [-0.4, -0.2) is 17.0 Å². The second kappa shape index (κ2) is 14.0. The van der Waals surface area contributed by atoms with Gasteiger partial charge in [-0.15, -0.1) is 6.42 Å². The molecular weight excluding hydrogens is 427 g/mol. The average Bonchev–Trinajstić information content (AvgIpc) is 2.89. The van der Waals surface area contributed by atoms with Crippen LogP contribution in [-0.2, 0) is 25.4 Å². The third kappa shape index (κ3) is 15.5. The van der Waals surface area contributed by atoms with Gasteiger partial charge in [0.2, 0.25) is 0 Å². The molecule has 1 aromatic rings. The van der Waals surface area contributed by atoms with Crippen LogP contribution in [0.5, 0.6) is 5.75 Å². The molecule has 1 aromatic carbocycles. The Morgan fingerprint density at radius 1 is 1.07 bits per heavy atom. The van der Waals surface area contributed by atoms with E-state index in [1.807, 2.05) is 13.0 Å².